The second-order valence-corrected chi connectivity index (χ2v) is 30.2. The van der Waals surface area contributed by atoms with Crippen LogP contribution in [0.3, 0.4) is 0 Å². The lowest BCUT2D eigenvalue weighted by Gasteiger charge is -2.29. The molecule has 36 nitrogen and oxygen atoms in total. The topological polar surface area (TPSA) is 599 Å². The van der Waals surface area contributed by atoms with Gasteiger partial charge in [-0.3, -0.25) is 71.9 Å². The molecule has 1 aromatic heterocycles. The van der Waals surface area contributed by atoms with Gasteiger partial charge in [-0.15, -0.1) is 0 Å². The first-order valence-corrected chi connectivity index (χ1v) is 39.8. The number of hydrogen-bond donors (Lipinski definition) is 21. The van der Waals surface area contributed by atoms with Gasteiger partial charge in [-0.2, -0.15) is 0 Å². The maximum Gasteiger partial charge on any atom is 0.245 e. The van der Waals surface area contributed by atoms with E-state index < -0.39 is 192 Å². The first-order chi connectivity index (χ1) is 54.3. The highest BCUT2D eigenvalue weighted by atomic mass is 33.1. The summed E-state index contributed by atoms with van der Waals surface area (Å²) in [4.78, 5) is 217. The number of aliphatic hydroxyl groups is 2. The second kappa shape index (κ2) is 46.8. The molecule has 5 aromatic rings. The molecule has 1 aliphatic rings. The van der Waals surface area contributed by atoms with Crippen LogP contribution in [0.4, 0.5) is 0 Å². The fourth-order valence-corrected chi connectivity index (χ4v) is 14.2. The second-order valence-electron chi connectivity index (χ2n) is 27.6. The first kappa shape index (κ1) is 91.8. The highest BCUT2D eigenvalue weighted by Crippen LogP contribution is 2.24. The van der Waals surface area contributed by atoms with Crippen molar-refractivity contribution < 1.29 is 82.1 Å². The average Bonchev–Trinajstić information content (AvgIpc) is 1.64. The maximum atomic E-state index is 15.4. The third-order valence-electron chi connectivity index (χ3n) is 18.3. The van der Waals surface area contributed by atoms with Gasteiger partial charge in [0, 0.05) is 54.3 Å². The van der Waals surface area contributed by atoms with Crippen LogP contribution in [0.5, 0.6) is 0 Å². The van der Waals surface area contributed by atoms with Gasteiger partial charge < -0.3 is 113 Å². The third kappa shape index (κ3) is 30.1. The van der Waals surface area contributed by atoms with Crippen molar-refractivity contribution in [1.82, 2.24) is 74.1 Å². The quantitative estimate of drug-likeness (QED) is 0.0193. The van der Waals surface area contributed by atoms with Crippen molar-refractivity contribution in [3.8, 4) is 0 Å². The van der Waals surface area contributed by atoms with E-state index in [-0.39, 0.29) is 76.0 Å². The SMILES string of the molecule is C[C@H](N)C(=O)NCC(=O)N[C@H]1CSSC[C@@H](C(N)=O)NC(=O)[C@H](C)NC(=O)[C@H]([C@@H](C)O)NC(=O)[C@H](Cc2ccccc2)NC(=O)[C@@H]([C@@H](C)O)NC(=O)[C@H](CCCCN)NC(=O)[C@H](Cc2c[nH]c3ccccc23)NC(=O)[C@H](Cc2ccccc2)NC(=O)[C@H](Cc2ccccc2)NC(=O)[C@H](CC(N)=O)NC(=O)[C@H](CCCCN)NC1=O. The van der Waals surface area contributed by atoms with Crippen molar-refractivity contribution in [2.24, 2.45) is 28.7 Å². The van der Waals surface area contributed by atoms with Crippen LogP contribution in [0.15, 0.2) is 121 Å². The van der Waals surface area contributed by atoms with E-state index in [1.165, 1.54) is 20.8 Å². The number of carbonyl (C=O) groups excluding carboxylic acids is 15. The van der Waals surface area contributed by atoms with E-state index in [1.807, 2.05) is 0 Å². The number of fused-ring (bicyclic) bond motifs is 1. The molecule has 1 fully saturated rings. The lowest BCUT2D eigenvalue weighted by Crippen LogP contribution is -2.63. The number of aliphatic hydroxyl groups excluding tert-OH is 2. The van der Waals surface area contributed by atoms with Crippen molar-refractivity contribution in [2.45, 2.75) is 189 Å². The molecule has 114 heavy (non-hydrogen) atoms. The van der Waals surface area contributed by atoms with E-state index in [4.69, 9.17) is 28.7 Å². The Morgan fingerprint density at radius 3 is 1.32 bits per heavy atom. The molecule has 15 amide bonds. The molecule has 15 atom stereocenters. The summed E-state index contributed by atoms with van der Waals surface area (Å²) in [5.74, 6) is -16.0. The summed E-state index contributed by atoms with van der Waals surface area (Å²) in [7, 11) is 1.73. The average molecular weight is 1620 g/mol. The van der Waals surface area contributed by atoms with Crippen molar-refractivity contribution in [3.63, 3.8) is 0 Å². The first-order valence-electron chi connectivity index (χ1n) is 37.3. The Kier molecular flexibility index (Phi) is 37.7. The zero-order valence-corrected chi connectivity index (χ0v) is 65.4. The predicted molar refractivity (Wildman–Crippen MR) is 425 cm³/mol. The standard InChI is InChI=1S/C76H105N19O17S2/c1-41(79)65(101)83-38-61(99)85-59-40-114-113-39-58(64(81)100)93-66(102)42(2)84-75(111)62(43(3)96)95-73(109)55(34-47-24-12-7-13-25-47)92-76(112)63(44(4)97)94-68(104)52(29-17-19-31-78)86-71(107)56(35-48-37-82-50-27-15-14-26-49(48)50)90-70(106)54(33-46-22-10-6-11-23-46)88-69(105)53(32-45-20-8-5-9-21-45)89-72(108)57(36-60(80)98)91-67(103)51(87-74(59)110)28-16-18-30-77/h5-15,20-27,37,41-44,51-59,62-63,82,96-97H,16-19,28-36,38-40,77-79H2,1-4H3,(H2,80,98)(H2,81,100)(H,83,101)(H,84,111)(H,85,99)(H,86,107)(H,87,110)(H,88,105)(H,89,108)(H,90,106)(H,91,103)(H,92,112)(H,93,102)(H,94,104)(H,95,109)/t41-,42-,43+,44+,51-,52-,53-,54-,55-,56-,57-,58-,59-,62-,63+/m0/s1. The fraction of sp³-hybridized carbons (Fsp3) is 0.461. The number of carbonyl (C=O) groups is 15. The van der Waals surface area contributed by atoms with Crippen LogP contribution in [-0.2, 0) is 97.6 Å². The number of hydrogen-bond acceptors (Lipinski definition) is 22. The number of aromatic nitrogens is 1. The van der Waals surface area contributed by atoms with Gasteiger partial charge in [0.2, 0.25) is 88.6 Å². The summed E-state index contributed by atoms with van der Waals surface area (Å²) in [5.41, 5.74) is 31.5. The number of nitrogens with one attached hydrogen (secondary N) is 14. The third-order valence-corrected chi connectivity index (χ3v) is 20.7. The number of H-pyrrole nitrogens is 1. The monoisotopic (exact) mass is 1620 g/mol. The van der Waals surface area contributed by atoms with Crippen LogP contribution >= 0.6 is 21.6 Å². The molecule has 4 aromatic carbocycles. The lowest BCUT2D eigenvalue weighted by molar-refractivity contribution is -0.137. The molecule has 0 spiro atoms. The molecule has 0 saturated carbocycles. The molecule has 2 heterocycles. The number of benzene rings is 4. The van der Waals surface area contributed by atoms with E-state index in [0.717, 1.165) is 28.5 Å². The molecule has 1 aliphatic heterocycles. The van der Waals surface area contributed by atoms with E-state index in [0.29, 0.717) is 46.0 Å². The van der Waals surface area contributed by atoms with E-state index in [2.05, 4.69) is 74.1 Å². The van der Waals surface area contributed by atoms with Gasteiger partial charge >= 0.3 is 0 Å². The Labute approximate surface area is 666 Å². The molecule has 0 unspecified atom stereocenters. The highest BCUT2D eigenvalue weighted by molar-refractivity contribution is 8.76. The predicted octanol–water partition coefficient (Wildman–Crippen LogP) is -4.49. The molecule has 0 bridgehead atoms. The van der Waals surface area contributed by atoms with Gasteiger partial charge in [-0.05, 0) is 108 Å². The molecular weight excluding hydrogens is 1520 g/mol. The number of para-hydroxylation sites is 1. The summed E-state index contributed by atoms with van der Waals surface area (Å²) in [6.45, 7) is 4.46. The summed E-state index contributed by atoms with van der Waals surface area (Å²) in [6, 6.07) is 11.1. The Morgan fingerprint density at radius 2 is 0.860 bits per heavy atom. The molecule has 0 aliphatic carbocycles. The van der Waals surface area contributed by atoms with Crippen LogP contribution < -0.4 is 97.8 Å². The van der Waals surface area contributed by atoms with Gasteiger partial charge in [-0.1, -0.05) is 131 Å². The van der Waals surface area contributed by atoms with Gasteiger partial charge in [-0.25, -0.2) is 0 Å². The zero-order valence-electron chi connectivity index (χ0n) is 63.7. The minimum atomic E-state index is -1.88. The summed E-state index contributed by atoms with van der Waals surface area (Å²) >= 11 is 0. The normalized spacial score (nSPS) is 23.9. The van der Waals surface area contributed by atoms with Gasteiger partial charge in [0.1, 0.15) is 72.5 Å². The van der Waals surface area contributed by atoms with Crippen molar-refractivity contribution in [1.29, 1.82) is 0 Å². The van der Waals surface area contributed by atoms with Crippen molar-refractivity contribution >= 4 is 121 Å². The van der Waals surface area contributed by atoms with Crippen LogP contribution in [0.1, 0.15) is 94.9 Å². The summed E-state index contributed by atoms with van der Waals surface area (Å²) in [6.07, 6.45) is -3.08. The van der Waals surface area contributed by atoms with Gasteiger partial charge in [0.25, 0.3) is 0 Å². The van der Waals surface area contributed by atoms with Gasteiger partial charge in [0.05, 0.1) is 31.2 Å². The Morgan fingerprint density at radius 1 is 0.465 bits per heavy atom. The molecule has 26 N–H and O–H groups in total. The molecule has 1 saturated heterocycles. The number of rotatable bonds is 25. The molecule has 6 rings (SSSR count). The minimum absolute atomic E-state index is 0.125. The Bertz CT molecular complexity index is 4110. The molecular formula is C76H105N19O17S2. The number of aromatic amines is 1. The minimum Gasteiger partial charge on any atom is -0.391 e. The maximum absolute atomic E-state index is 15.4. The van der Waals surface area contributed by atoms with Crippen LogP contribution in [0, 0.1) is 0 Å². The van der Waals surface area contributed by atoms with E-state index in [1.54, 1.807) is 121 Å². The number of amides is 15. The largest absolute Gasteiger partial charge is 0.391 e. The number of nitrogens with two attached hydrogens (primary N) is 5. The van der Waals surface area contributed by atoms with Crippen molar-refractivity contribution in [3.05, 3.63) is 144 Å². The molecule has 0 radical (unpaired) electrons. The smallest absolute Gasteiger partial charge is 0.245 e. The Hall–Kier alpha value is -11.0. The Balaban J connectivity index is 1.46. The van der Waals surface area contributed by atoms with Crippen LogP contribution in [-0.4, -0.2) is 226 Å². The van der Waals surface area contributed by atoms with Crippen LogP contribution in [0.2, 0.25) is 0 Å². The van der Waals surface area contributed by atoms with E-state index >= 15 is 14.4 Å². The molecule has 618 valence electrons. The van der Waals surface area contributed by atoms with Crippen LogP contribution in [0.25, 0.3) is 10.9 Å². The summed E-state index contributed by atoms with van der Waals surface area (Å²) in [5, 5.41) is 56.1. The van der Waals surface area contributed by atoms with Gasteiger partial charge in [0.15, 0.2) is 0 Å². The lowest BCUT2D eigenvalue weighted by atomic mass is 10.00. The highest BCUT2D eigenvalue weighted by Gasteiger charge is 2.39. The molecule has 38 heteroatoms. The number of primary amides is 2. The zero-order chi connectivity index (χ0) is 83.6. The van der Waals surface area contributed by atoms with Crippen molar-refractivity contribution in [2.75, 3.05) is 31.1 Å². The number of unbranched alkanes of at least 4 members (excludes halogenated alkanes) is 2. The fourth-order valence-electron chi connectivity index (χ4n) is 11.9. The van der Waals surface area contributed by atoms with E-state index in [9.17, 15) is 67.7 Å². The summed E-state index contributed by atoms with van der Waals surface area (Å²) < 4.78 is 0.